The van der Waals surface area contributed by atoms with Gasteiger partial charge in [0.2, 0.25) is 0 Å². The van der Waals surface area contributed by atoms with Gasteiger partial charge in [-0.25, -0.2) is 4.98 Å². The van der Waals surface area contributed by atoms with Crippen LogP contribution in [0.1, 0.15) is 5.56 Å². The van der Waals surface area contributed by atoms with E-state index >= 15 is 0 Å². The minimum atomic E-state index is -0.0822. The third-order valence-electron chi connectivity index (χ3n) is 4.71. The molecule has 4 aromatic heterocycles. The summed E-state index contributed by atoms with van der Waals surface area (Å²) in [4.78, 5) is 25.8. The van der Waals surface area contributed by atoms with Gasteiger partial charge in [0.15, 0.2) is 5.82 Å². The van der Waals surface area contributed by atoms with Crippen molar-refractivity contribution in [3.63, 3.8) is 0 Å². The minimum Gasteiger partial charge on any atom is -0.314 e. The summed E-state index contributed by atoms with van der Waals surface area (Å²) in [5, 5.41) is 5.05. The molecule has 4 heterocycles. The Labute approximate surface area is 160 Å². The first kappa shape index (κ1) is 16.3. The predicted octanol–water partition coefficient (Wildman–Crippen LogP) is 2.74. The van der Waals surface area contributed by atoms with Crippen LogP contribution in [0.15, 0.2) is 78.1 Å². The van der Waals surface area contributed by atoms with E-state index in [1.54, 1.807) is 33.9 Å². The van der Waals surface area contributed by atoms with E-state index in [9.17, 15) is 4.79 Å². The van der Waals surface area contributed by atoms with Crippen molar-refractivity contribution in [3.05, 3.63) is 89.2 Å². The van der Waals surface area contributed by atoms with Gasteiger partial charge in [0.05, 0.1) is 10.9 Å². The summed E-state index contributed by atoms with van der Waals surface area (Å²) >= 11 is 0. The Balaban J connectivity index is 1.56. The van der Waals surface area contributed by atoms with Crippen molar-refractivity contribution in [2.24, 2.45) is 0 Å². The van der Waals surface area contributed by atoms with Gasteiger partial charge in [-0.2, -0.15) is 9.50 Å². The Morgan fingerprint density at radius 1 is 0.964 bits per heavy atom. The number of nitrogens with zero attached hydrogens (tertiary/aromatic N) is 6. The molecule has 0 spiro atoms. The standard InChI is InChI=1S/C21H16N6O/c28-20-17-14-23-21-24-19(16-7-4-10-22-13-16)25-27(21)18(17)9-12-26(20)11-8-15-5-2-1-3-6-15/h1-7,9-10,12-14H,8,11H2. The van der Waals surface area contributed by atoms with Crippen molar-refractivity contribution in [1.82, 2.24) is 29.1 Å². The van der Waals surface area contributed by atoms with Crippen molar-refractivity contribution < 1.29 is 0 Å². The van der Waals surface area contributed by atoms with Crippen molar-refractivity contribution >= 4 is 16.7 Å². The number of hydrogen-bond acceptors (Lipinski definition) is 5. The van der Waals surface area contributed by atoms with Gasteiger partial charge < -0.3 is 4.57 Å². The quantitative estimate of drug-likeness (QED) is 0.487. The number of aromatic nitrogens is 6. The van der Waals surface area contributed by atoms with Crippen molar-refractivity contribution in [2.45, 2.75) is 13.0 Å². The maximum atomic E-state index is 12.9. The maximum Gasteiger partial charge on any atom is 0.261 e. The van der Waals surface area contributed by atoms with Crippen LogP contribution in [0.4, 0.5) is 0 Å². The largest absolute Gasteiger partial charge is 0.314 e. The van der Waals surface area contributed by atoms with Crippen molar-refractivity contribution in [2.75, 3.05) is 0 Å². The van der Waals surface area contributed by atoms with Crippen LogP contribution >= 0.6 is 0 Å². The highest BCUT2D eigenvalue weighted by atomic mass is 16.1. The number of hydrogen-bond donors (Lipinski definition) is 0. The van der Waals surface area contributed by atoms with Crippen LogP contribution in [0.5, 0.6) is 0 Å². The minimum absolute atomic E-state index is 0.0822. The lowest BCUT2D eigenvalue weighted by Crippen LogP contribution is -2.21. The highest BCUT2D eigenvalue weighted by molar-refractivity contribution is 5.79. The molecule has 5 aromatic rings. The van der Waals surface area contributed by atoms with E-state index in [1.165, 1.54) is 5.56 Å². The molecule has 0 N–H and O–H groups in total. The molecule has 1 aromatic carbocycles. The molecule has 0 aliphatic rings. The van der Waals surface area contributed by atoms with E-state index in [2.05, 4.69) is 32.2 Å². The second-order valence-corrected chi connectivity index (χ2v) is 6.50. The first-order valence-electron chi connectivity index (χ1n) is 8.99. The van der Waals surface area contributed by atoms with Gasteiger partial charge in [-0.05, 0) is 30.2 Å². The van der Waals surface area contributed by atoms with Gasteiger partial charge in [0.25, 0.3) is 11.3 Å². The second kappa shape index (κ2) is 6.70. The lowest BCUT2D eigenvalue weighted by Gasteiger charge is -2.07. The van der Waals surface area contributed by atoms with E-state index in [4.69, 9.17) is 0 Å². The Kier molecular flexibility index (Phi) is 3.90. The van der Waals surface area contributed by atoms with E-state index in [0.717, 1.165) is 12.0 Å². The molecule has 0 amide bonds. The first-order chi connectivity index (χ1) is 13.8. The van der Waals surface area contributed by atoms with Crippen LogP contribution in [0.3, 0.4) is 0 Å². The zero-order valence-electron chi connectivity index (χ0n) is 14.9. The van der Waals surface area contributed by atoms with Gasteiger partial charge in [0.1, 0.15) is 0 Å². The van der Waals surface area contributed by atoms with E-state index in [0.29, 0.717) is 29.0 Å². The summed E-state index contributed by atoms with van der Waals surface area (Å²) < 4.78 is 3.32. The van der Waals surface area contributed by atoms with Crippen LogP contribution in [-0.2, 0) is 13.0 Å². The summed E-state index contributed by atoms with van der Waals surface area (Å²) in [5.41, 5.74) is 2.60. The van der Waals surface area contributed by atoms with Gasteiger partial charge in [-0.3, -0.25) is 9.78 Å². The Hall–Kier alpha value is -3.87. The van der Waals surface area contributed by atoms with E-state index < -0.39 is 0 Å². The Morgan fingerprint density at radius 2 is 1.86 bits per heavy atom. The lowest BCUT2D eigenvalue weighted by atomic mass is 10.1. The molecule has 5 rings (SSSR count). The fourth-order valence-electron chi connectivity index (χ4n) is 3.25. The molecule has 0 fully saturated rings. The first-order valence-corrected chi connectivity index (χ1v) is 8.99. The third kappa shape index (κ3) is 2.83. The summed E-state index contributed by atoms with van der Waals surface area (Å²) in [7, 11) is 0. The molecule has 7 nitrogen and oxygen atoms in total. The maximum absolute atomic E-state index is 12.9. The van der Waals surface area contributed by atoms with Crippen LogP contribution in [0, 0.1) is 0 Å². The second-order valence-electron chi connectivity index (χ2n) is 6.50. The molecule has 0 atom stereocenters. The molecule has 136 valence electrons. The Morgan fingerprint density at radius 3 is 2.68 bits per heavy atom. The number of aryl methyl sites for hydroxylation is 2. The summed E-state index contributed by atoms with van der Waals surface area (Å²) in [6.07, 6.45) is 7.57. The zero-order valence-corrected chi connectivity index (χ0v) is 14.9. The Bertz CT molecular complexity index is 1330. The highest BCUT2D eigenvalue weighted by Gasteiger charge is 2.12. The van der Waals surface area contributed by atoms with Crippen LogP contribution in [0.25, 0.3) is 28.1 Å². The molecule has 0 radical (unpaired) electrons. The van der Waals surface area contributed by atoms with E-state index in [-0.39, 0.29) is 5.56 Å². The smallest absolute Gasteiger partial charge is 0.261 e. The normalized spacial score (nSPS) is 11.3. The number of fused-ring (bicyclic) bond motifs is 3. The molecule has 0 unspecified atom stereocenters. The topological polar surface area (TPSA) is 78.0 Å². The molecule has 0 aliphatic carbocycles. The average molecular weight is 368 g/mol. The van der Waals surface area contributed by atoms with Gasteiger partial charge in [0, 0.05) is 36.9 Å². The summed E-state index contributed by atoms with van der Waals surface area (Å²) in [6.45, 7) is 0.606. The molecule has 28 heavy (non-hydrogen) atoms. The van der Waals surface area contributed by atoms with Crippen molar-refractivity contribution in [1.29, 1.82) is 0 Å². The molecule has 7 heteroatoms. The van der Waals surface area contributed by atoms with Gasteiger partial charge >= 0.3 is 0 Å². The van der Waals surface area contributed by atoms with E-state index in [1.807, 2.05) is 36.4 Å². The highest BCUT2D eigenvalue weighted by Crippen LogP contribution is 2.17. The fourth-order valence-corrected chi connectivity index (χ4v) is 3.25. The summed E-state index contributed by atoms with van der Waals surface area (Å²) in [5.74, 6) is 0.981. The molecular weight excluding hydrogens is 352 g/mol. The molecule has 0 aliphatic heterocycles. The molecule has 0 bridgehead atoms. The summed E-state index contributed by atoms with van der Waals surface area (Å²) in [6, 6.07) is 15.7. The monoisotopic (exact) mass is 368 g/mol. The van der Waals surface area contributed by atoms with Crippen LogP contribution < -0.4 is 5.56 Å². The van der Waals surface area contributed by atoms with Crippen LogP contribution in [0.2, 0.25) is 0 Å². The third-order valence-corrected chi connectivity index (χ3v) is 4.71. The number of rotatable bonds is 4. The molecule has 0 saturated heterocycles. The van der Waals surface area contributed by atoms with Gasteiger partial charge in [-0.1, -0.05) is 30.3 Å². The van der Waals surface area contributed by atoms with Crippen LogP contribution in [-0.4, -0.2) is 29.1 Å². The lowest BCUT2D eigenvalue weighted by molar-refractivity contribution is 0.674. The van der Waals surface area contributed by atoms with Crippen molar-refractivity contribution in [3.8, 4) is 11.4 Å². The zero-order chi connectivity index (χ0) is 18.9. The molecule has 0 saturated carbocycles. The number of benzene rings is 1. The molecular formula is C21H16N6O. The number of pyridine rings is 2. The average Bonchev–Trinajstić information content (AvgIpc) is 3.19. The predicted molar refractivity (Wildman–Crippen MR) is 106 cm³/mol. The SMILES string of the molecule is O=c1c2cnc3nc(-c4cccnc4)nn3c2ccn1CCc1ccccc1. The van der Waals surface area contributed by atoms with Gasteiger partial charge in [-0.15, -0.1) is 5.10 Å². The fraction of sp³-hybridized carbons (Fsp3) is 0.0952.